The van der Waals surface area contributed by atoms with Gasteiger partial charge in [0.05, 0.1) is 0 Å². The quantitative estimate of drug-likeness (QED) is 0.749. The molecule has 0 saturated carbocycles. The normalized spacial score (nSPS) is 18.0. The zero-order valence-corrected chi connectivity index (χ0v) is 16.0. The van der Waals surface area contributed by atoms with E-state index in [9.17, 15) is 4.79 Å². The van der Waals surface area contributed by atoms with E-state index in [1.54, 1.807) is 0 Å². The zero-order valence-electron chi connectivity index (χ0n) is 15.1. The van der Waals surface area contributed by atoms with Crippen LogP contribution in [0.5, 0.6) is 0 Å². The van der Waals surface area contributed by atoms with Gasteiger partial charge in [0.15, 0.2) is 0 Å². The maximum atomic E-state index is 12.6. The number of fused-ring (bicyclic) bond motifs is 1. The lowest BCUT2D eigenvalue weighted by Gasteiger charge is -2.41. The molecule has 2 aromatic carbocycles. The Morgan fingerprint density at radius 1 is 1.00 bits per heavy atom. The van der Waals surface area contributed by atoms with Crippen molar-refractivity contribution in [3.63, 3.8) is 0 Å². The molecule has 1 amide bonds. The Morgan fingerprint density at radius 3 is 2.42 bits per heavy atom. The van der Waals surface area contributed by atoms with Crippen molar-refractivity contribution in [3.05, 3.63) is 65.2 Å². The first-order valence-electron chi connectivity index (χ1n) is 9.39. The molecule has 1 saturated heterocycles. The van der Waals surface area contributed by atoms with Crippen LogP contribution in [0.15, 0.2) is 48.5 Å². The van der Waals surface area contributed by atoms with Crippen molar-refractivity contribution in [1.82, 2.24) is 4.90 Å². The minimum absolute atomic E-state index is 0.267. The average molecular weight is 365 g/mol. The summed E-state index contributed by atoms with van der Waals surface area (Å²) in [5.41, 5.74) is 4.77. The maximum absolute atomic E-state index is 12.6. The summed E-state index contributed by atoms with van der Waals surface area (Å²) in [7, 11) is 0. The Kier molecular flexibility index (Phi) is 4.77. The predicted octanol–water partition coefficient (Wildman–Crippen LogP) is 4.11. The predicted molar refractivity (Wildman–Crippen MR) is 110 cm³/mol. The van der Waals surface area contributed by atoms with Gasteiger partial charge in [-0.3, -0.25) is 4.79 Å². The molecule has 2 heterocycles. The van der Waals surface area contributed by atoms with Crippen LogP contribution in [-0.4, -0.2) is 34.9 Å². The first-order valence-corrected chi connectivity index (χ1v) is 9.80. The van der Waals surface area contributed by atoms with E-state index in [1.807, 2.05) is 6.07 Å². The lowest BCUT2D eigenvalue weighted by Crippen LogP contribution is -2.50. The number of aryl methyl sites for hydroxylation is 2. The number of nitrogens with zero attached hydrogens (tertiary/aromatic N) is 2. The number of amides is 1. The van der Waals surface area contributed by atoms with Crippen molar-refractivity contribution >= 4 is 28.8 Å². The molecule has 0 spiro atoms. The lowest BCUT2D eigenvalue weighted by atomic mass is 9.95. The standard InChI is InChI=1S/C22H24N2OS/c1-16-6-8-18(9-7-16)22(26)23-14-12-19(13-15-23)24-20-5-3-2-4-17(20)10-11-21(24)25/h2-9,19H,10-15H2,1H3. The number of hydrogen-bond acceptors (Lipinski definition) is 2. The van der Waals surface area contributed by atoms with Crippen molar-refractivity contribution in [2.45, 2.75) is 38.6 Å². The smallest absolute Gasteiger partial charge is 0.227 e. The van der Waals surface area contributed by atoms with E-state index < -0.39 is 0 Å². The summed E-state index contributed by atoms with van der Waals surface area (Å²) in [4.78, 5) is 17.9. The number of para-hydroxylation sites is 1. The van der Waals surface area contributed by atoms with Crippen molar-refractivity contribution in [1.29, 1.82) is 0 Å². The first-order chi connectivity index (χ1) is 12.6. The van der Waals surface area contributed by atoms with Gasteiger partial charge in [-0.15, -0.1) is 0 Å². The van der Waals surface area contributed by atoms with E-state index >= 15 is 0 Å². The average Bonchev–Trinajstić information content (AvgIpc) is 2.68. The van der Waals surface area contributed by atoms with Crippen LogP contribution < -0.4 is 4.90 Å². The van der Waals surface area contributed by atoms with Crippen molar-refractivity contribution < 1.29 is 4.79 Å². The second-order valence-electron chi connectivity index (χ2n) is 7.28. The summed E-state index contributed by atoms with van der Waals surface area (Å²) < 4.78 is 0. The molecular formula is C22H24N2OS. The number of rotatable bonds is 2. The molecular weight excluding hydrogens is 340 g/mol. The zero-order chi connectivity index (χ0) is 18.1. The molecule has 0 unspecified atom stereocenters. The van der Waals surface area contributed by atoms with Crippen LogP contribution in [0, 0.1) is 6.92 Å². The lowest BCUT2D eigenvalue weighted by molar-refractivity contribution is -0.119. The number of piperidine rings is 1. The van der Waals surface area contributed by atoms with Crippen molar-refractivity contribution in [2.75, 3.05) is 18.0 Å². The number of hydrogen-bond donors (Lipinski definition) is 0. The number of thiocarbonyl (C=S) groups is 1. The van der Waals surface area contributed by atoms with Crippen LogP contribution in [-0.2, 0) is 11.2 Å². The summed E-state index contributed by atoms with van der Waals surface area (Å²) in [5, 5.41) is 0. The topological polar surface area (TPSA) is 23.6 Å². The van der Waals surface area contributed by atoms with E-state index in [0.717, 1.165) is 48.6 Å². The molecule has 0 radical (unpaired) electrons. The first kappa shape index (κ1) is 17.2. The second-order valence-corrected chi connectivity index (χ2v) is 7.67. The highest BCUT2D eigenvalue weighted by Gasteiger charge is 2.33. The van der Waals surface area contributed by atoms with Gasteiger partial charge in [-0.1, -0.05) is 60.2 Å². The van der Waals surface area contributed by atoms with Crippen LogP contribution >= 0.6 is 12.2 Å². The van der Waals surface area contributed by atoms with E-state index in [1.165, 1.54) is 11.1 Å². The number of anilines is 1. The van der Waals surface area contributed by atoms with Crippen LogP contribution in [0.2, 0.25) is 0 Å². The second kappa shape index (κ2) is 7.20. The van der Waals surface area contributed by atoms with E-state index in [0.29, 0.717) is 6.42 Å². The molecule has 2 aliphatic rings. The Morgan fingerprint density at radius 2 is 1.69 bits per heavy atom. The summed E-state index contributed by atoms with van der Waals surface area (Å²) in [6.45, 7) is 3.90. The summed E-state index contributed by atoms with van der Waals surface area (Å²) in [6.07, 6.45) is 3.42. The van der Waals surface area contributed by atoms with Crippen molar-refractivity contribution in [3.8, 4) is 0 Å². The third-order valence-electron chi connectivity index (χ3n) is 5.54. The molecule has 3 nitrogen and oxygen atoms in total. The molecule has 0 atom stereocenters. The van der Waals surface area contributed by atoms with Crippen LogP contribution in [0.1, 0.15) is 36.0 Å². The molecule has 134 valence electrons. The fourth-order valence-electron chi connectivity index (χ4n) is 4.06. The molecule has 4 rings (SSSR count). The van der Waals surface area contributed by atoms with Gasteiger partial charge in [-0.05, 0) is 37.8 Å². The third kappa shape index (κ3) is 3.26. The van der Waals surface area contributed by atoms with Gasteiger partial charge in [-0.25, -0.2) is 0 Å². The monoisotopic (exact) mass is 364 g/mol. The maximum Gasteiger partial charge on any atom is 0.227 e. The van der Waals surface area contributed by atoms with Gasteiger partial charge >= 0.3 is 0 Å². The molecule has 0 aromatic heterocycles. The van der Waals surface area contributed by atoms with Gasteiger partial charge in [0.2, 0.25) is 5.91 Å². The van der Waals surface area contributed by atoms with Crippen molar-refractivity contribution in [2.24, 2.45) is 0 Å². The Hall–Kier alpha value is -2.20. The molecule has 0 bridgehead atoms. The molecule has 2 aliphatic heterocycles. The third-order valence-corrected chi connectivity index (χ3v) is 6.04. The Balaban J connectivity index is 1.46. The van der Waals surface area contributed by atoms with E-state index in [2.05, 4.69) is 59.2 Å². The fraction of sp³-hybridized carbons (Fsp3) is 0.364. The van der Waals surface area contributed by atoms with Gasteiger partial charge in [-0.2, -0.15) is 0 Å². The number of likely N-dealkylation sites (tertiary alicyclic amines) is 1. The largest absolute Gasteiger partial charge is 0.362 e. The minimum atomic E-state index is 0.267. The Labute approximate surface area is 160 Å². The van der Waals surface area contributed by atoms with Gasteiger partial charge in [0.1, 0.15) is 4.99 Å². The highest BCUT2D eigenvalue weighted by atomic mass is 32.1. The van der Waals surface area contributed by atoms with Gasteiger partial charge < -0.3 is 9.80 Å². The van der Waals surface area contributed by atoms with Gasteiger partial charge in [0, 0.05) is 36.8 Å². The van der Waals surface area contributed by atoms with Crippen LogP contribution in [0.3, 0.4) is 0 Å². The molecule has 0 N–H and O–H groups in total. The molecule has 0 aliphatic carbocycles. The Bertz CT molecular complexity index is 822. The number of carbonyl (C=O) groups excluding carboxylic acids is 1. The highest BCUT2D eigenvalue weighted by Crippen LogP contribution is 2.32. The van der Waals surface area contributed by atoms with Crippen LogP contribution in [0.4, 0.5) is 5.69 Å². The van der Waals surface area contributed by atoms with E-state index in [4.69, 9.17) is 12.2 Å². The summed E-state index contributed by atoms with van der Waals surface area (Å²) in [6, 6.07) is 17.0. The molecule has 4 heteroatoms. The summed E-state index contributed by atoms with van der Waals surface area (Å²) >= 11 is 5.71. The molecule has 1 fully saturated rings. The molecule has 26 heavy (non-hydrogen) atoms. The van der Waals surface area contributed by atoms with E-state index in [-0.39, 0.29) is 11.9 Å². The summed E-state index contributed by atoms with van der Waals surface area (Å²) in [5.74, 6) is 0.267. The van der Waals surface area contributed by atoms with Gasteiger partial charge in [0.25, 0.3) is 0 Å². The fourth-order valence-corrected chi connectivity index (χ4v) is 4.38. The highest BCUT2D eigenvalue weighted by molar-refractivity contribution is 7.80. The molecule has 2 aromatic rings. The van der Waals surface area contributed by atoms with Crippen LogP contribution in [0.25, 0.3) is 0 Å². The number of benzene rings is 2. The number of carbonyl (C=O) groups is 1. The SMILES string of the molecule is Cc1ccc(C(=S)N2CCC(N3C(=O)CCc4ccccc43)CC2)cc1. The minimum Gasteiger partial charge on any atom is -0.362 e.